The van der Waals surface area contributed by atoms with Crippen LogP contribution >= 0.6 is 0 Å². The number of carbonyl (C=O) groups excluding carboxylic acids is 1. The number of rotatable bonds is 5. The molecule has 3 heteroatoms. The normalized spacial score (nSPS) is 16.5. The summed E-state index contributed by atoms with van der Waals surface area (Å²) in [5.41, 5.74) is 0.175. The molecule has 1 aromatic rings. The van der Waals surface area contributed by atoms with E-state index in [1.54, 1.807) is 0 Å². The van der Waals surface area contributed by atoms with Gasteiger partial charge in [0, 0.05) is 12.8 Å². The second-order valence-electron chi connectivity index (χ2n) is 5.47. The number of ketones is 1. The van der Waals surface area contributed by atoms with Crippen molar-refractivity contribution in [2.24, 2.45) is 5.92 Å². The lowest BCUT2D eigenvalue weighted by molar-refractivity contribution is -0.118. The Hall–Kier alpha value is -1.25. The Morgan fingerprint density at radius 3 is 2.63 bits per heavy atom. The highest BCUT2D eigenvalue weighted by Crippen LogP contribution is 2.27. The first-order valence-electron chi connectivity index (χ1n) is 7.11. The minimum absolute atomic E-state index is 0.00933. The summed E-state index contributed by atoms with van der Waals surface area (Å²) in [5.74, 6) is -1.10. The highest BCUT2D eigenvalue weighted by Gasteiger charge is 2.16. The topological polar surface area (TPSA) is 17.1 Å². The van der Waals surface area contributed by atoms with Crippen molar-refractivity contribution in [1.82, 2.24) is 0 Å². The fraction of sp³-hybridized carbons (Fsp3) is 0.562. The third-order valence-electron chi connectivity index (χ3n) is 3.98. The standard InChI is InChI=1S/C16H20F2O/c17-15-8-4-7-13(16(15)18)11-14(19)10-9-12-5-2-1-3-6-12/h4,7-8,12H,1-3,5-6,9-11H2. The summed E-state index contributed by atoms with van der Waals surface area (Å²) < 4.78 is 26.4. The Morgan fingerprint density at radius 1 is 1.16 bits per heavy atom. The average Bonchev–Trinajstić information content (AvgIpc) is 2.43. The lowest BCUT2D eigenvalue weighted by Gasteiger charge is -2.20. The number of benzene rings is 1. The highest BCUT2D eigenvalue weighted by molar-refractivity contribution is 5.80. The van der Waals surface area contributed by atoms with Gasteiger partial charge in [-0.2, -0.15) is 0 Å². The summed E-state index contributed by atoms with van der Waals surface area (Å²) >= 11 is 0. The fourth-order valence-electron chi connectivity index (χ4n) is 2.83. The van der Waals surface area contributed by atoms with Gasteiger partial charge in [0.05, 0.1) is 0 Å². The maximum Gasteiger partial charge on any atom is 0.162 e. The van der Waals surface area contributed by atoms with E-state index in [9.17, 15) is 13.6 Å². The van der Waals surface area contributed by atoms with Crippen LogP contribution in [0.1, 0.15) is 50.5 Å². The van der Waals surface area contributed by atoms with Gasteiger partial charge < -0.3 is 0 Å². The zero-order valence-electron chi connectivity index (χ0n) is 11.1. The highest BCUT2D eigenvalue weighted by atomic mass is 19.2. The van der Waals surface area contributed by atoms with Crippen molar-refractivity contribution in [2.75, 3.05) is 0 Å². The lowest BCUT2D eigenvalue weighted by Crippen LogP contribution is -2.11. The van der Waals surface area contributed by atoms with Crippen molar-refractivity contribution < 1.29 is 13.6 Å². The Labute approximate surface area is 113 Å². The van der Waals surface area contributed by atoms with Gasteiger partial charge in [-0.25, -0.2) is 8.78 Å². The van der Waals surface area contributed by atoms with Gasteiger partial charge in [-0.15, -0.1) is 0 Å². The molecule has 0 unspecified atom stereocenters. The summed E-state index contributed by atoms with van der Waals surface area (Å²) in [6.45, 7) is 0. The van der Waals surface area contributed by atoms with E-state index >= 15 is 0 Å². The minimum Gasteiger partial charge on any atom is -0.299 e. The molecule has 0 bridgehead atoms. The van der Waals surface area contributed by atoms with Crippen LogP contribution in [-0.2, 0) is 11.2 Å². The molecule has 0 N–H and O–H groups in total. The summed E-state index contributed by atoms with van der Waals surface area (Å²) in [6, 6.07) is 4.00. The number of carbonyl (C=O) groups is 1. The van der Waals surface area contributed by atoms with Crippen LogP contribution in [0.3, 0.4) is 0 Å². The molecule has 1 aliphatic carbocycles. The number of hydrogen-bond acceptors (Lipinski definition) is 1. The van der Waals surface area contributed by atoms with Gasteiger partial charge in [0.1, 0.15) is 5.78 Å². The van der Waals surface area contributed by atoms with Crippen LogP contribution in [0.25, 0.3) is 0 Å². The first kappa shape index (κ1) is 14.2. The molecule has 0 heterocycles. The number of halogens is 2. The van der Waals surface area contributed by atoms with E-state index in [-0.39, 0.29) is 17.8 Å². The molecular weight excluding hydrogens is 246 g/mol. The second-order valence-corrected chi connectivity index (χ2v) is 5.47. The molecule has 19 heavy (non-hydrogen) atoms. The molecule has 1 nitrogen and oxygen atoms in total. The van der Waals surface area contributed by atoms with Crippen molar-refractivity contribution in [1.29, 1.82) is 0 Å². The van der Waals surface area contributed by atoms with E-state index < -0.39 is 11.6 Å². The molecule has 0 aromatic heterocycles. The number of hydrogen-bond donors (Lipinski definition) is 0. The van der Waals surface area contributed by atoms with E-state index in [1.165, 1.54) is 44.2 Å². The fourth-order valence-corrected chi connectivity index (χ4v) is 2.83. The van der Waals surface area contributed by atoms with Gasteiger partial charge in [-0.1, -0.05) is 44.2 Å². The van der Waals surface area contributed by atoms with E-state index in [0.29, 0.717) is 12.3 Å². The van der Waals surface area contributed by atoms with Crippen LogP contribution in [0.15, 0.2) is 18.2 Å². The molecule has 1 aliphatic rings. The Bertz CT molecular complexity index is 436. The summed E-state index contributed by atoms with van der Waals surface area (Å²) in [4.78, 5) is 11.8. The molecule has 0 spiro atoms. The Morgan fingerprint density at radius 2 is 1.89 bits per heavy atom. The van der Waals surface area contributed by atoms with Crippen LogP contribution < -0.4 is 0 Å². The number of Topliss-reactive ketones (excluding diaryl/α,β-unsaturated/α-hetero) is 1. The molecule has 1 saturated carbocycles. The van der Waals surface area contributed by atoms with Gasteiger partial charge >= 0.3 is 0 Å². The molecule has 0 atom stereocenters. The average molecular weight is 266 g/mol. The first-order chi connectivity index (χ1) is 9.16. The first-order valence-corrected chi connectivity index (χ1v) is 7.11. The molecule has 0 saturated heterocycles. The van der Waals surface area contributed by atoms with Crippen LogP contribution in [0, 0.1) is 17.6 Å². The largest absolute Gasteiger partial charge is 0.299 e. The monoisotopic (exact) mass is 266 g/mol. The van der Waals surface area contributed by atoms with Crippen molar-refractivity contribution >= 4 is 5.78 Å². The molecule has 1 fully saturated rings. The molecular formula is C16H20F2O. The third-order valence-corrected chi connectivity index (χ3v) is 3.98. The van der Waals surface area contributed by atoms with Gasteiger partial charge in [0.25, 0.3) is 0 Å². The minimum atomic E-state index is -0.881. The van der Waals surface area contributed by atoms with Crippen LogP contribution in [-0.4, -0.2) is 5.78 Å². The summed E-state index contributed by atoms with van der Waals surface area (Å²) in [6.07, 6.45) is 7.64. The second kappa shape index (κ2) is 6.78. The maximum atomic E-state index is 13.4. The van der Waals surface area contributed by atoms with Crippen LogP contribution in [0.5, 0.6) is 0 Å². The van der Waals surface area contributed by atoms with E-state index in [1.807, 2.05) is 0 Å². The smallest absolute Gasteiger partial charge is 0.162 e. The van der Waals surface area contributed by atoms with Crippen molar-refractivity contribution in [2.45, 2.75) is 51.4 Å². The SMILES string of the molecule is O=C(CCC1CCCCC1)Cc1cccc(F)c1F. The van der Waals surface area contributed by atoms with Crippen molar-refractivity contribution in [3.63, 3.8) is 0 Å². The Kier molecular flexibility index (Phi) is 5.06. The van der Waals surface area contributed by atoms with E-state index in [4.69, 9.17) is 0 Å². The van der Waals surface area contributed by atoms with E-state index in [2.05, 4.69) is 0 Å². The molecule has 0 amide bonds. The maximum absolute atomic E-state index is 13.4. The Balaban J connectivity index is 1.82. The summed E-state index contributed by atoms with van der Waals surface area (Å²) in [5, 5.41) is 0. The predicted octanol–water partition coefficient (Wildman–Crippen LogP) is 4.44. The van der Waals surface area contributed by atoms with E-state index in [0.717, 1.165) is 12.5 Å². The lowest BCUT2D eigenvalue weighted by atomic mass is 9.85. The zero-order chi connectivity index (χ0) is 13.7. The molecule has 104 valence electrons. The predicted molar refractivity (Wildman–Crippen MR) is 70.9 cm³/mol. The molecule has 1 aromatic carbocycles. The third kappa shape index (κ3) is 4.12. The van der Waals surface area contributed by atoms with Gasteiger partial charge in [0.15, 0.2) is 11.6 Å². The quantitative estimate of drug-likeness (QED) is 0.770. The van der Waals surface area contributed by atoms with Crippen LogP contribution in [0.2, 0.25) is 0 Å². The van der Waals surface area contributed by atoms with Gasteiger partial charge in [-0.05, 0) is 24.0 Å². The molecule has 2 rings (SSSR count). The molecule has 0 radical (unpaired) electrons. The van der Waals surface area contributed by atoms with Gasteiger partial charge in [-0.3, -0.25) is 4.79 Å². The zero-order valence-corrected chi connectivity index (χ0v) is 11.1. The van der Waals surface area contributed by atoms with Crippen molar-refractivity contribution in [3.8, 4) is 0 Å². The van der Waals surface area contributed by atoms with Gasteiger partial charge in [0.2, 0.25) is 0 Å². The van der Waals surface area contributed by atoms with Crippen molar-refractivity contribution in [3.05, 3.63) is 35.4 Å². The van der Waals surface area contributed by atoms with Crippen LogP contribution in [0.4, 0.5) is 8.78 Å². The molecule has 0 aliphatic heterocycles. The summed E-state index contributed by atoms with van der Waals surface area (Å²) in [7, 11) is 0.